The van der Waals surface area contributed by atoms with Crippen molar-refractivity contribution in [2.24, 2.45) is 0 Å². The molecule has 20 heavy (non-hydrogen) atoms. The molecule has 1 aromatic rings. The molecule has 4 heteroatoms. The largest absolute Gasteiger partial charge is 0.368 e. The highest BCUT2D eigenvalue weighted by Crippen LogP contribution is 2.25. The summed E-state index contributed by atoms with van der Waals surface area (Å²) < 4.78 is 14.3. The third-order valence-electron chi connectivity index (χ3n) is 4.00. The summed E-state index contributed by atoms with van der Waals surface area (Å²) in [6.07, 6.45) is 2.20. The van der Waals surface area contributed by atoms with Crippen LogP contribution in [0.2, 0.25) is 0 Å². The molecule has 1 atom stereocenters. The highest BCUT2D eigenvalue weighted by atomic mass is 19.1. The molecule has 0 saturated carbocycles. The predicted molar refractivity (Wildman–Crippen MR) is 82.7 cm³/mol. The zero-order valence-electron chi connectivity index (χ0n) is 12.8. The van der Waals surface area contributed by atoms with Crippen LogP contribution in [0.25, 0.3) is 0 Å². The van der Waals surface area contributed by atoms with Crippen LogP contribution in [0.15, 0.2) is 18.2 Å². The lowest BCUT2D eigenvalue weighted by Crippen LogP contribution is -2.31. The molecule has 112 valence electrons. The molecule has 0 spiro atoms. The van der Waals surface area contributed by atoms with Crippen molar-refractivity contribution in [1.82, 2.24) is 10.2 Å². The van der Waals surface area contributed by atoms with Gasteiger partial charge in [-0.05, 0) is 51.2 Å². The van der Waals surface area contributed by atoms with E-state index in [9.17, 15) is 4.39 Å². The second-order valence-electron chi connectivity index (χ2n) is 5.81. The molecule has 0 amide bonds. The first-order chi connectivity index (χ1) is 9.61. The van der Waals surface area contributed by atoms with Crippen molar-refractivity contribution in [2.75, 3.05) is 38.6 Å². The molecular weight excluding hydrogens is 253 g/mol. The van der Waals surface area contributed by atoms with Crippen molar-refractivity contribution in [1.29, 1.82) is 0 Å². The lowest BCUT2D eigenvalue weighted by Gasteiger charge is -2.22. The maximum atomic E-state index is 14.3. The average Bonchev–Trinajstić information content (AvgIpc) is 2.89. The highest BCUT2D eigenvalue weighted by Gasteiger charge is 2.25. The molecule has 1 unspecified atom stereocenters. The Kier molecular flexibility index (Phi) is 5.38. The maximum absolute atomic E-state index is 14.3. The fourth-order valence-electron chi connectivity index (χ4n) is 2.71. The predicted octanol–water partition coefficient (Wildman–Crippen LogP) is 2.47. The first-order valence-electron chi connectivity index (χ1n) is 7.52. The van der Waals surface area contributed by atoms with Crippen LogP contribution in [0.5, 0.6) is 0 Å². The van der Waals surface area contributed by atoms with Gasteiger partial charge in [0.05, 0.1) is 5.69 Å². The Balaban J connectivity index is 1.99. The molecule has 1 N–H and O–H groups in total. The van der Waals surface area contributed by atoms with E-state index >= 15 is 0 Å². The number of benzene rings is 1. The van der Waals surface area contributed by atoms with E-state index in [0.29, 0.717) is 6.04 Å². The summed E-state index contributed by atoms with van der Waals surface area (Å²) in [4.78, 5) is 4.38. The van der Waals surface area contributed by atoms with Gasteiger partial charge in [0, 0.05) is 25.7 Å². The quantitative estimate of drug-likeness (QED) is 0.807. The Bertz CT molecular complexity index is 434. The lowest BCUT2D eigenvalue weighted by molar-refractivity contribution is 0.315. The number of likely N-dealkylation sites (N-methyl/N-ethyl adjacent to an activating group) is 1. The molecule has 0 bridgehead atoms. The Morgan fingerprint density at radius 1 is 1.40 bits per heavy atom. The summed E-state index contributed by atoms with van der Waals surface area (Å²) in [5.74, 6) is -0.0970. The van der Waals surface area contributed by atoms with Gasteiger partial charge in [0.15, 0.2) is 0 Å². The minimum atomic E-state index is -0.0970. The summed E-state index contributed by atoms with van der Waals surface area (Å²) >= 11 is 0. The summed E-state index contributed by atoms with van der Waals surface area (Å²) in [6, 6.07) is 6.15. The van der Waals surface area contributed by atoms with Gasteiger partial charge in [-0.25, -0.2) is 4.39 Å². The minimum absolute atomic E-state index is 0.0970. The first kappa shape index (κ1) is 15.3. The number of hydrogen-bond donors (Lipinski definition) is 1. The van der Waals surface area contributed by atoms with E-state index in [1.54, 1.807) is 6.07 Å². The van der Waals surface area contributed by atoms with E-state index in [2.05, 4.69) is 36.1 Å². The zero-order valence-corrected chi connectivity index (χ0v) is 12.8. The number of hydrogen-bond acceptors (Lipinski definition) is 3. The Labute approximate surface area is 121 Å². The molecule has 1 aliphatic rings. The summed E-state index contributed by atoms with van der Waals surface area (Å²) in [5.41, 5.74) is 1.76. The number of nitrogens with zero attached hydrogens (tertiary/aromatic N) is 2. The smallest absolute Gasteiger partial charge is 0.146 e. The molecule has 0 radical (unpaired) electrons. The van der Waals surface area contributed by atoms with Gasteiger partial charge in [0.1, 0.15) is 5.82 Å². The highest BCUT2D eigenvalue weighted by molar-refractivity contribution is 5.50. The minimum Gasteiger partial charge on any atom is -0.368 e. The fraction of sp³-hybridized carbons (Fsp3) is 0.625. The van der Waals surface area contributed by atoms with Crippen LogP contribution in [-0.2, 0) is 6.54 Å². The van der Waals surface area contributed by atoms with E-state index in [-0.39, 0.29) is 5.82 Å². The van der Waals surface area contributed by atoms with Crippen LogP contribution in [0.4, 0.5) is 10.1 Å². The zero-order chi connectivity index (χ0) is 14.5. The van der Waals surface area contributed by atoms with E-state index in [0.717, 1.165) is 50.3 Å². The van der Waals surface area contributed by atoms with Gasteiger partial charge in [-0.3, -0.25) is 0 Å². The molecule has 3 nitrogen and oxygen atoms in total. The van der Waals surface area contributed by atoms with Gasteiger partial charge in [-0.2, -0.15) is 0 Å². The molecule has 2 rings (SSSR count). The average molecular weight is 279 g/mol. The maximum Gasteiger partial charge on any atom is 0.146 e. The van der Waals surface area contributed by atoms with Crippen molar-refractivity contribution < 1.29 is 4.39 Å². The second-order valence-corrected chi connectivity index (χ2v) is 5.81. The SMILES string of the molecule is CCCNCc1ccc(N2CCC(N(C)C)C2)c(F)c1. The van der Waals surface area contributed by atoms with Crippen LogP contribution >= 0.6 is 0 Å². The molecule has 1 saturated heterocycles. The lowest BCUT2D eigenvalue weighted by atomic mass is 10.2. The Morgan fingerprint density at radius 2 is 2.20 bits per heavy atom. The number of rotatable bonds is 6. The second kappa shape index (κ2) is 7.04. The standard InChI is InChI=1S/C16H26FN3/c1-4-8-18-11-13-5-6-16(15(17)10-13)20-9-7-14(12-20)19(2)3/h5-6,10,14,18H,4,7-9,11-12H2,1-3H3. The third kappa shape index (κ3) is 3.70. The molecule has 1 fully saturated rings. The number of halogens is 1. The summed E-state index contributed by atoms with van der Waals surface area (Å²) in [7, 11) is 4.18. The fourth-order valence-corrected chi connectivity index (χ4v) is 2.71. The Morgan fingerprint density at radius 3 is 2.80 bits per heavy atom. The van der Waals surface area contributed by atoms with Gasteiger partial charge < -0.3 is 15.1 Å². The molecule has 1 aliphatic heterocycles. The van der Waals surface area contributed by atoms with Gasteiger partial charge in [0.2, 0.25) is 0 Å². The third-order valence-corrected chi connectivity index (χ3v) is 4.00. The molecule has 0 aliphatic carbocycles. The summed E-state index contributed by atoms with van der Waals surface area (Å²) in [6.45, 7) is 5.70. The van der Waals surface area contributed by atoms with Crippen molar-refractivity contribution in [3.8, 4) is 0 Å². The van der Waals surface area contributed by atoms with E-state index in [1.807, 2.05) is 12.1 Å². The van der Waals surface area contributed by atoms with E-state index in [1.165, 1.54) is 0 Å². The van der Waals surface area contributed by atoms with Crippen molar-refractivity contribution in [3.63, 3.8) is 0 Å². The van der Waals surface area contributed by atoms with Crippen LogP contribution < -0.4 is 10.2 Å². The molecule has 0 aromatic heterocycles. The number of anilines is 1. The molecule has 1 heterocycles. The van der Waals surface area contributed by atoms with Gasteiger partial charge >= 0.3 is 0 Å². The van der Waals surface area contributed by atoms with Gasteiger partial charge in [0.25, 0.3) is 0 Å². The van der Waals surface area contributed by atoms with E-state index < -0.39 is 0 Å². The van der Waals surface area contributed by atoms with Crippen molar-refractivity contribution in [2.45, 2.75) is 32.4 Å². The molecular formula is C16H26FN3. The monoisotopic (exact) mass is 279 g/mol. The first-order valence-corrected chi connectivity index (χ1v) is 7.52. The van der Waals surface area contributed by atoms with Gasteiger partial charge in [-0.1, -0.05) is 13.0 Å². The normalized spacial score (nSPS) is 19.1. The van der Waals surface area contributed by atoms with Crippen molar-refractivity contribution >= 4 is 5.69 Å². The van der Waals surface area contributed by atoms with E-state index in [4.69, 9.17) is 0 Å². The van der Waals surface area contributed by atoms with Crippen LogP contribution in [0.1, 0.15) is 25.3 Å². The Hall–Kier alpha value is -1.13. The van der Waals surface area contributed by atoms with Crippen LogP contribution in [-0.4, -0.2) is 44.7 Å². The van der Waals surface area contributed by atoms with Gasteiger partial charge in [-0.15, -0.1) is 0 Å². The summed E-state index contributed by atoms with van der Waals surface area (Å²) in [5, 5.41) is 3.30. The van der Waals surface area contributed by atoms with Crippen molar-refractivity contribution in [3.05, 3.63) is 29.6 Å². The topological polar surface area (TPSA) is 18.5 Å². The molecule has 1 aromatic carbocycles. The van der Waals surface area contributed by atoms with Crippen LogP contribution in [0, 0.1) is 5.82 Å². The van der Waals surface area contributed by atoms with Crippen LogP contribution in [0.3, 0.4) is 0 Å². The number of nitrogens with one attached hydrogen (secondary N) is 1.